The van der Waals surface area contributed by atoms with Crippen LogP contribution in [0.4, 0.5) is 0 Å². The summed E-state index contributed by atoms with van der Waals surface area (Å²) in [7, 11) is 0. The van der Waals surface area contributed by atoms with Crippen LogP contribution >= 0.6 is 0 Å². The van der Waals surface area contributed by atoms with Crippen molar-refractivity contribution < 1.29 is 10.2 Å². The Morgan fingerprint density at radius 3 is 1.63 bits per heavy atom. The van der Waals surface area contributed by atoms with E-state index in [2.05, 4.69) is 59.7 Å². The van der Waals surface area contributed by atoms with E-state index in [1.165, 1.54) is 11.1 Å². The SMILES string of the molecule is CC(C)(C)c1cc([C@@H](O)CCO)cc(C(C)(C)C)c1. The molecule has 1 aromatic rings. The van der Waals surface area contributed by atoms with Gasteiger partial charge in [-0.2, -0.15) is 0 Å². The van der Waals surface area contributed by atoms with Gasteiger partial charge >= 0.3 is 0 Å². The molecule has 0 aliphatic rings. The molecule has 0 aliphatic heterocycles. The normalized spacial score (nSPS) is 14.5. The van der Waals surface area contributed by atoms with Gasteiger partial charge in [0.15, 0.2) is 0 Å². The van der Waals surface area contributed by atoms with Crippen molar-refractivity contribution in [3.63, 3.8) is 0 Å². The molecule has 2 N–H and O–H groups in total. The Morgan fingerprint density at radius 1 is 0.895 bits per heavy atom. The highest BCUT2D eigenvalue weighted by molar-refractivity contribution is 5.38. The largest absolute Gasteiger partial charge is 0.396 e. The smallest absolute Gasteiger partial charge is 0.0812 e. The maximum absolute atomic E-state index is 10.1. The van der Waals surface area contributed by atoms with Gasteiger partial charge in [-0.1, -0.05) is 59.7 Å². The van der Waals surface area contributed by atoms with Gasteiger partial charge in [0.05, 0.1) is 6.10 Å². The Balaban J connectivity index is 3.33. The van der Waals surface area contributed by atoms with E-state index in [1.54, 1.807) is 0 Å². The van der Waals surface area contributed by atoms with Crippen LogP contribution in [0.5, 0.6) is 0 Å². The van der Waals surface area contributed by atoms with Crippen molar-refractivity contribution in [2.75, 3.05) is 6.61 Å². The third-order valence-electron chi connectivity index (χ3n) is 3.47. The minimum atomic E-state index is -0.589. The van der Waals surface area contributed by atoms with Gasteiger partial charge < -0.3 is 10.2 Å². The third-order valence-corrected chi connectivity index (χ3v) is 3.47. The lowest BCUT2D eigenvalue weighted by Gasteiger charge is -2.27. The van der Waals surface area contributed by atoms with E-state index in [9.17, 15) is 5.11 Å². The van der Waals surface area contributed by atoms with Gasteiger partial charge in [-0.05, 0) is 27.5 Å². The zero-order valence-electron chi connectivity index (χ0n) is 13.1. The number of aliphatic hydroxyl groups excluding tert-OH is 2. The van der Waals surface area contributed by atoms with Crippen molar-refractivity contribution in [3.8, 4) is 0 Å². The van der Waals surface area contributed by atoms with Gasteiger partial charge in [0, 0.05) is 13.0 Å². The number of hydrogen-bond acceptors (Lipinski definition) is 2. The molecule has 0 aromatic heterocycles. The summed E-state index contributed by atoms with van der Waals surface area (Å²) in [5.74, 6) is 0. The number of benzene rings is 1. The van der Waals surface area contributed by atoms with Crippen LogP contribution in [0.2, 0.25) is 0 Å². The fourth-order valence-electron chi connectivity index (χ4n) is 2.00. The minimum Gasteiger partial charge on any atom is -0.396 e. The van der Waals surface area contributed by atoms with E-state index in [0.717, 1.165) is 5.56 Å². The highest BCUT2D eigenvalue weighted by atomic mass is 16.3. The lowest BCUT2D eigenvalue weighted by molar-refractivity contribution is 0.134. The van der Waals surface area contributed by atoms with Crippen molar-refractivity contribution in [1.82, 2.24) is 0 Å². The summed E-state index contributed by atoms with van der Waals surface area (Å²) in [6, 6.07) is 6.36. The van der Waals surface area contributed by atoms with E-state index in [0.29, 0.717) is 6.42 Å². The standard InChI is InChI=1S/C17H28O2/c1-16(2,3)13-9-12(15(19)7-8-18)10-14(11-13)17(4,5)6/h9-11,15,18-19H,7-8H2,1-6H3/t15-/m0/s1. The Bertz CT molecular complexity index is 390. The Kier molecular flexibility index (Phi) is 4.81. The quantitative estimate of drug-likeness (QED) is 0.874. The summed E-state index contributed by atoms with van der Waals surface area (Å²) in [6.07, 6.45) is -0.203. The van der Waals surface area contributed by atoms with Gasteiger partial charge in [-0.15, -0.1) is 0 Å². The number of aliphatic hydroxyl groups is 2. The molecule has 0 unspecified atom stereocenters. The molecule has 0 spiro atoms. The molecule has 0 radical (unpaired) electrons. The monoisotopic (exact) mass is 264 g/mol. The van der Waals surface area contributed by atoms with E-state index >= 15 is 0 Å². The summed E-state index contributed by atoms with van der Waals surface area (Å²) in [5, 5.41) is 19.1. The lowest BCUT2D eigenvalue weighted by Crippen LogP contribution is -2.18. The van der Waals surface area contributed by atoms with E-state index in [-0.39, 0.29) is 17.4 Å². The first-order chi connectivity index (χ1) is 8.55. The molecule has 2 nitrogen and oxygen atoms in total. The van der Waals surface area contributed by atoms with Crippen LogP contribution in [0, 0.1) is 0 Å². The van der Waals surface area contributed by atoms with Crippen LogP contribution in [0.15, 0.2) is 18.2 Å². The van der Waals surface area contributed by atoms with Crippen LogP contribution in [-0.2, 0) is 10.8 Å². The van der Waals surface area contributed by atoms with E-state index < -0.39 is 6.10 Å². The summed E-state index contributed by atoms with van der Waals surface area (Å²) < 4.78 is 0. The molecule has 108 valence electrons. The van der Waals surface area contributed by atoms with Gasteiger partial charge in [0.2, 0.25) is 0 Å². The molecule has 0 bridgehead atoms. The molecular formula is C17H28O2. The minimum absolute atomic E-state index is 0.00572. The summed E-state index contributed by atoms with van der Waals surface area (Å²) in [6.45, 7) is 13.1. The molecule has 1 atom stereocenters. The van der Waals surface area contributed by atoms with Crippen molar-refractivity contribution in [2.24, 2.45) is 0 Å². The lowest BCUT2D eigenvalue weighted by atomic mass is 9.79. The van der Waals surface area contributed by atoms with Gasteiger partial charge in [0.25, 0.3) is 0 Å². The Morgan fingerprint density at radius 2 is 1.32 bits per heavy atom. The predicted molar refractivity (Wildman–Crippen MR) is 80.5 cm³/mol. The molecule has 0 saturated carbocycles. The van der Waals surface area contributed by atoms with E-state index in [1.807, 2.05) is 0 Å². The molecule has 0 aliphatic carbocycles. The van der Waals surface area contributed by atoms with Crippen LogP contribution in [0.1, 0.15) is 70.8 Å². The molecule has 19 heavy (non-hydrogen) atoms. The van der Waals surface area contributed by atoms with Gasteiger partial charge in [-0.25, -0.2) is 0 Å². The van der Waals surface area contributed by atoms with Crippen LogP contribution in [0.3, 0.4) is 0 Å². The molecule has 0 fully saturated rings. The topological polar surface area (TPSA) is 40.5 Å². The maximum Gasteiger partial charge on any atom is 0.0812 e. The first kappa shape index (κ1) is 16.2. The molecule has 0 heterocycles. The molecular weight excluding hydrogens is 236 g/mol. The molecule has 0 amide bonds. The summed E-state index contributed by atoms with van der Waals surface area (Å²) >= 11 is 0. The average Bonchev–Trinajstić information content (AvgIpc) is 2.26. The first-order valence-corrected chi connectivity index (χ1v) is 7.00. The van der Waals surface area contributed by atoms with Crippen molar-refractivity contribution in [3.05, 3.63) is 34.9 Å². The fraction of sp³-hybridized carbons (Fsp3) is 0.647. The first-order valence-electron chi connectivity index (χ1n) is 7.00. The van der Waals surface area contributed by atoms with Crippen LogP contribution in [0.25, 0.3) is 0 Å². The summed E-state index contributed by atoms with van der Waals surface area (Å²) in [4.78, 5) is 0. The molecule has 1 aromatic carbocycles. The number of hydrogen-bond donors (Lipinski definition) is 2. The maximum atomic E-state index is 10.1. The fourth-order valence-corrected chi connectivity index (χ4v) is 2.00. The van der Waals surface area contributed by atoms with Crippen LogP contribution in [-0.4, -0.2) is 16.8 Å². The zero-order valence-corrected chi connectivity index (χ0v) is 13.1. The van der Waals surface area contributed by atoms with Crippen molar-refractivity contribution in [1.29, 1.82) is 0 Å². The molecule has 2 heteroatoms. The number of rotatable bonds is 3. The van der Waals surface area contributed by atoms with Crippen molar-refractivity contribution in [2.45, 2.75) is 64.9 Å². The zero-order chi connectivity index (χ0) is 14.8. The summed E-state index contributed by atoms with van der Waals surface area (Å²) in [5.41, 5.74) is 3.47. The highest BCUT2D eigenvalue weighted by Crippen LogP contribution is 2.32. The second kappa shape index (κ2) is 5.64. The Hall–Kier alpha value is -0.860. The van der Waals surface area contributed by atoms with Crippen molar-refractivity contribution >= 4 is 0 Å². The highest BCUT2D eigenvalue weighted by Gasteiger charge is 2.22. The molecule has 1 rings (SSSR count). The Labute approximate surface area is 117 Å². The second-order valence-electron chi connectivity index (χ2n) is 7.37. The third kappa shape index (κ3) is 4.32. The molecule has 0 saturated heterocycles. The van der Waals surface area contributed by atoms with Gasteiger partial charge in [0.1, 0.15) is 0 Å². The second-order valence-corrected chi connectivity index (χ2v) is 7.37. The van der Waals surface area contributed by atoms with E-state index in [4.69, 9.17) is 5.11 Å². The average molecular weight is 264 g/mol. The predicted octanol–water partition coefficient (Wildman–Crippen LogP) is 3.70. The van der Waals surface area contributed by atoms with Gasteiger partial charge in [-0.3, -0.25) is 0 Å². The van der Waals surface area contributed by atoms with Crippen LogP contribution < -0.4 is 0 Å².